The maximum absolute atomic E-state index is 11.6. The summed E-state index contributed by atoms with van der Waals surface area (Å²) in [4.78, 5) is 11.7. The van der Waals surface area contributed by atoms with Crippen LogP contribution >= 0.6 is 35.0 Å². The molecule has 0 saturated heterocycles. The number of aliphatic carboxylic acids is 1. The highest BCUT2D eigenvalue weighted by molar-refractivity contribution is 8.03. The van der Waals surface area contributed by atoms with Crippen molar-refractivity contribution >= 4 is 47.0 Å². The summed E-state index contributed by atoms with van der Waals surface area (Å²) < 4.78 is 11.2. The minimum Gasteiger partial charge on any atom is -0.489 e. The van der Waals surface area contributed by atoms with Crippen LogP contribution in [0.5, 0.6) is 5.75 Å². The predicted molar refractivity (Wildman–Crippen MR) is 112 cm³/mol. The Kier molecular flexibility index (Phi) is 7.19. The lowest BCUT2D eigenvalue weighted by atomic mass is 10.2. The Hall–Kier alpha value is -2.48. The monoisotopic (exact) mass is 450 g/mol. The van der Waals surface area contributed by atoms with Crippen molar-refractivity contribution in [2.24, 2.45) is 0 Å². The molecule has 9 heteroatoms. The number of thioether (sulfide) groups is 1. The van der Waals surface area contributed by atoms with Crippen LogP contribution in [0.25, 0.3) is 6.08 Å². The Balaban J connectivity index is 1.74. The van der Waals surface area contributed by atoms with Gasteiger partial charge in [-0.05, 0) is 47.7 Å². The Labute approximate surface area is 181 Å². The molecule has 3 aromatic rings. The minimum absolute atomic E-state index is 0.0502. The van der Waals surface area contributed by atoms with E-state index in [-0.39, 0.29) is 16.7 Å². The van der Waals surface area contributed by atoms with Crippen molar-refractivity contribution in [2.45, 2.75) is 25.2 Å². The summed E-state index contributed by atoms with van der Waals surface area (Å²) in [6, 6.07) is 12.2. The summed E-state index contributed by atoms with van der Waals surface area (Å²) in [5.74, 6) is -0.0652. The Morgan fingerprint density at radius 3 is 2.76 bits per heavy atom. The SMILES string of the molecule is CCc1nnc(S/C(=C\c2cccc(OCc3ccc(Cl)cc3Cl)c2)C(=O)O)o1. The van der Waals surface area contributed by atoms with Gasteiger partial charge in [-0.1, -0.05) is 48.3 Å². The number of aryl methyl sites for hydroxylation is 1. The summed E-state index contributed by atoms with van der Waals surface area (Å²) in [6.45, 7) is 2.13. The first-order valence-electron chi connectivity index (χ1n) is 8.56. The molecule has 2 aromatic carbocycles. The molecule has 1 heterocycles. The summed E-state index contributed by atoms with van der Waals surface area (Å²) >= 11 is 13.0. The maximum Gasteiger partial charge on any atom is 0.342 e. The molecule has 0 aliphatic carbocycles. The number of halogens is 2. The van der Waals surface area contributed by atoms with Crippen LogP contribution in [0.3, 0.4) is 0 Å². The first-order chi connectivity index (χ1) is 13.9. The normalized spacial score (nSPS) is 11.5. The number of carboxylic acid groups (broad SMARTS) is 1. The lowest BCUT2D eigenvalue weighted by Crippen LogP contribution is -1.98. The molecule has 150 valence electrons. The molecule has 29 heavy (non-hydrogen) atoms. The third kappa shape index (κ3) is 6.00. The van der Waals surface area contributed by atoms with Crippen molar-refractivity contribution in [3.63, 3.8) is 0 Å². The highest BCUT2D eigenvalue weighted by atomic mass is 35.5. The molecule has 0 radical (unpaired) electrons. The molecule has 0 bridgehead atoms. The lowest BCUT2D eigenvalue weighted by molar-refractivity contribution is -0.131. The number of carbonyl (C=O) groups is 1. The van der Waals surface area contributed by atoms with Crippen LogP contribution in [0.15, 0.2) is 57.0 Å². The van der Waals surface area contributed by atoms with Crippen molar-refractivity contribution in [2.75, 3.05) is 0 Å². The van der Waals surface area contributed by atoms with Gasteiger partial charge in [0.2, 0.25) is 5.89 Å². The van der Waals surface area contributed by atoms with Gasteiger partial charge >= 0.3 is 5.97 Å². The van der Waals surface area contributed by atoms with Crippen molar-refractivity contribution in [1.82, 2.24) is 10.2 Å². The van der Waals surface area contributed by atoms with Crippen LogP contribution in [-0.2, 0) is 17.8 Å². The molecular weight excluding hydrogens is 435 g/mol. The largest absolute Gasteiger partial charge is 0.489 e. The second kappa shape index (κ2) is 9.82. The van der Waals surface area contributed by atoms with E-state index >= 15 is 0 Å². The fourth-order valence-electron chi connectivity index (χ4n) is 2.30. The molecule has 1 N–H and O–H groups in total. The summed E-state index contributed by atoms with van der Waals surface area (Å²) in [7, 11) is 0. The zero-order valence-electron chi connectivity index (χ0n) is 15.3. The van der Waals surface area contributed by atoms with Crippen LogP contribution in [-0.4, -0.2) is 21.3 Å². The minimum atomic E-state index is -1.09. The molecule has 0 aliphatic rings. The molecule has 0 unspecified atom stereocenters. The van der Waals surface area contributed by atoms with Crippen molar-refractivity contribution in [3.8, 4) is 5.75 Å². The fraction of sp³-hybridized carbons (Fsp3) is 0.150. The fourth-order valence-corrected chi connectivity index (χ4v) is 3.45. The van der Waals surface area contributed by atoms with Crippen molar-refractivity contribution in [3.05, 3.63) is 74.4 Å². The molecule has 0 amide bonds. The first-order valence-corrected chi connectivity index (χ1v) is 10.1. The number of rotatable bonds is 8. The van der Waals surface area contributed by atoms with E-state index in [1.165, 1.54) is 6.08 Å². The Morgan fingerprint density at radius 2 is 2.07 bits per heavy atom. The van der Waals surface area contributed by atoms with Crippen LogP contribution in [0.1, 0.15) is 23.9 Å². The number of aromatic nitrogens is 2. The highest BCUT2D eigenvalue weighted by Crippen LogP contribution is 2.29. The van der Waals surface area contributed by atoms with Crippen molar-refractivity contribution < 1.29 is 19.1 Å². The molecule has 0 atom stereocenters. The number of hydrogen-bond donors (Lipinski definition) is 1. The van der Waals surface area contributed by atoms with Gasteiger partial charge in [-0.25, -0.2) is 4.79 Å². The van der Waals surface area contributed by atoms with Crippen LogP contribution < -0.4 is 4.74 Å². The van der Waals surface area contributed by atoms with E-state index in [1.54, 1.807) is 42.5 Å². The Morgan fingerprint density at radius 1 is 1.24 bits per heavy atom. The van der Waals surface area contributed by atoms with E-state index in [0.29, 0.717) is 33.7 Å². The van der Waals surface area contributed by atoms with E-state index in [2.05, 4.69) is 10.2 Å². The molecule has 6 nitrogen and oxygen atoms in total. The molecule has 0 saturated carbocycles. The molecule has 3 rings (SSSR count). The zero-order valence-corrected chi connectivity index (χ0v) is 17.6. The second-order valence-corrected chi connectivity index (χ2v) is 7.66. The molecular formula is C20H16Cl2N2O4S. The summed E-state index contributed by atoms with van der Waals surface area (Å²) in [5, 5.41) is 18.4. The average Bonchev–Trinajstić information content (AvgIpc) is 3.15. The number of ether oxygens (including phenoxy) is 1. The van der Waals surface area contributed by atoms with Gasteiger partial charge in [0.1, 0.15) is 17.3 Å². The van der Waals surface area contributed by atoms with Gasteiger partial charge in [-0.2, -0.15) is 0 Å². The van der Waals surface area contributed by atoms with E-state index in [0.717, 1.165) is 17.3 Å². The van der Waals surface area contributed by atoms with Crippen LogP contribution in [0, 0.1) is 0 Å². The topological polar surface area (TPSA) is 85.5 Å². The van der Waals surface area contributed by atoms with Gasteiger partial charge in [0.25, 0.3) is 5.22 Å². The molecule has 0 fully saturated rings. The number of hydrogen-bond acceptors (Lipinski definition) is 6. The molecule has 1 aromatic heterocycles. The maximum atomic E-state index is 11.6. The average molecular weight is 451 g/mol. The van der Waals surface area contributed by atoms with E-state index in [9.17, 15) is 9.90 Å². The van der Waals surface area contributed by atoms with Gasteiger partial charge in [0, 0.05) is 22.0 Å². The van der Waals surface area contributed by atoms with Gasteiger partial charge in [-0.3, -0.25) is 0 Å². The third-order valence-electron chi connectivity index (χ3n) is 3.72. The number of benzene rings is 2. The number of carboxylic acids is 1. The standard InChI is InChI=1S/C20H16Cl2N2O4S/c1-2-18-23-24-20(28-18)29-17(19(25)26)9-12-4-3-5-15(8-12)27-11-13-6-7-14(21)10-16(13)22/h3-10H,2,11H2,1H3,(H,25,26)/b17-9-. The highest BCUT2D eigenvalue weighted by Gasteiger charge is 2.15. The van der Waals surface area contributed by atoms with Gasteiger partial charge in [0.15, 0.2) is 0 Å². The smallest absolute Gasteiger partial charge is 0.342 e. The zero-order chi connectivity index (χ0) is 20.8. The van der Waals surface area contributed by atoms with Crippen LogP contribution in [0.2, 0.25) is 10.0 Å². The predicted octanol–water partition coefficient (Wildman–Crippen LogP) is 5.74. The van der Waals surface area contributed by atoms with Crippen molar-refractivity contribution in [1.29, 1.82) is 0 Å². The first kappa shape index (κ1) is 21.2. The quantitative estimate of drug-likeness (QED) is 0.346. The van der Waals surface area contributed by atoms with Gasteiger partial charge in [0.05, 0.1) is 0 Å². The van der Waals surface area contributed by atoms with E-state index in [1.807, 2.05) is 6.92 Å². The third-order valence-corrected chi connectivity index (χ3v) is 5.16. The molecule has 0 spiro atoms. The van der Waals surface area contributed by atoms with Crippen LogP contribution in [0.4, 0.5) is 0 Å². The summed E-state index contributed by atoms with van der Waals surface area (Å²) in [5.41, 5.74) is 1.45. The Bertz CT molecular complexity index is 1050. The van der Waals surface area contributed by atoms with E-state index < -0.39 is 5.97 Å². The summed E-state index contributed by atoms with van der Waals surface area (Å²) in [6.07, 6.45) is 2.10. The molecule has 0 aliphatic heterocycles. The van der Waals surface area contributed by atoms with E-state index in [4.69, 9.17) is 32.4 Å². The second-order valence-electron chi connectivity index (χ2n) is 5.83. The van der Waals surface area contributed by atoms with Gasteiger partial charge in [-0.15, -0.1) is 10.2 Å². The van der Waals surface area contributed by atoms with Gasteiger partial charge < -0.3 is 14.3 Å². The lowest BCUT2D eigenvalue weighted by Gasteiger charge is -2.09. The number of nitrogens with zero attached hydrogens (tertiary/aromatic N) is 2.